The summed E-state index contributed by atoms with van der Waals surface area (Å²) < 4.78 is 5.48. The lowest BCUT2D eigenvalue weighted by Gasteiger charge is -2.33. The van der Waals surface area contributed by atoms with Crippen LogP contribution in [0.15, 0.2) is 18.2 Å². The van der Waals surface area contributed by atoms with Crippen LogP contribution in [0.1, 0.15) is 32.3 Å². The molecule has 0 aliphatic carbocycles. The van der Waals surface area contributed by atoms with E-state index >= 15 is 0 Å². The van der Waals surface area contributed by atoms with Crippen molar-refractivity contribution in [2.45, 2.75) is 39.3 Å². The predicted molar refractivity (Wildman–Crippen MR) is 89.1 cm³/mol. The Hall–Kier alpha value is -0.770. The van der Waals surface area contributed by atoms with Gasteiger partial charge in [-0.3, -0.25) is 4.90 Å². The summed E-state index contributed by atoms with van der Waals surface area (Å²) in [7, 11) is 1.72. The van der Waals surface area contributed by atoms with Gasteiger partial charge in [0.15, 0.2) is 0 Å². The van der Waals surface area contributed by atoms with Crippen molar-refractivity contribution in [2.24, 2.45) is 5.92 Å². The summed E-state index contributed by atoms with van der Waals surface area (Å²) >= 11 is 6.15. The van der Waals surface area contributed by atoms with E-state index < -0.39 is 0 Å². The van der Waals surface area contributed by atoms with E-state index in [0.29, 0.717) is 6.04 Å². The average molecular weight is 311 g/mol. The third-order valence-electron chi connectivity index (χ3n) is 4.30. The fourth-order valence-electron chi connectivity index (χ4n) is 2.94. The number of ether oxygens (including phenoxy) is 1. The Kier molecular flexibility index (Phi) is 6.34. The molecule has 1 fully saturated rings. The topological polar surface area (TPSA) is 24.5 Å². The fraction of sp³-hybridized carbons (Fsp3) is 0.647. The van der Waals surface area contributed by atoms with Crippen molar-refractivity contribution < 1.29 is 4.74 Å². The van der Waals surface area contributed by atoms with Gasteiger partial charge < -0.3 is 10.1 Å². The molecule has 1 aliphatic heterocycles. The molecular weight excluding hydrogens is 284 g/mol. The maximum atomic E-state index is 6.15. The fourth-order valence-corrected chi connectivity index (χ4v) is 3.14. The molecular formula is C17H27ClN2O. The molecule has 1 saturated heterocycles. The minimum atomic E-state index is 0.517. The van der Waals surface area contributed by atoms with Crippen molar-refractivity contribution in [3.63, 3.8) is 0 Å². The largest absolute Gasteiger partial charge is 0.496 e. The van der Waals surface area contributed by atoms with E-state index in [2.05, 4.69) is 24.1 Å². The van der Waals surface area contributed by atoms with Crippen molar-refractivity contribution in [1.29, 1.82) is 0 Å². The molecule has 0 radical (unpaired) electrons. The smallest absolute Gasteiger partial charge is 0.123 e. The Balaban J connectivity index is 2.06. The van der Waals surface area contributed by atoms with E-state index in [-0.39, 0.29) is 0 Å². The molecule has 1 aliphatic rings. The Labute approximate surface area is 133 Å². The maximum Gasteiger partial charge on any atom is 0.123 e. The van der Waals surface area contributed by atoms with Crippen molar-refractivity contribution >= 4 is 11.6 Å². The number of hydrogen-bond donors (Lipinski definition) is 1. The summed E-state index contributed by atoms with van der Waals surface area (Å²) in [6.07, 6.45) is 2.55. The van der Waals surface area contributed by atoms with Crippen LogP contribution in [0.25, 0.3) is 0 Å². The number of nitrogens with one attached hydrogen (secondary N) is 1. The maximum absolute atomic E-state index is 6.15. The van der Waals surface area contributed by atoms with Crippen LogP contribution in [0.5, 0.6) is 5.75 Å². The van der Waals surface area contributed by atoms with Gasteiger partial charge >= 0.3 is 0 Å². The molecule has 2 rings (SSSR count). The first-order chi connectivity index (χ1) is 10.1. The zero-order valence-corrected chi connectivity index (χ0v) is 14.1. The van der Waals surface area contributed by atoms with Gasteiger partial charge in [0.1, 0.15) is 5.75 Å². The molecule has 118 valence electrons. The van der Waals surface area contributed by atoms with Crippen molar-refractivity contribution in [2.75, 3.05) is 26.7 Å². The second-order valence-electron chi connectivity index (χ2n) is 6.17. The molecule has 0 saturated carbocycles. The van der Waals surface area contributed by atoms with Gasteiger partial charge in [-0.05, 0) is 63.9 Å². The van der Waals surface area contributed by atoms with E-state index in [0.717, 1.165) is 42.9 Å². The summed E-state index contributed by atoms with van der Waals surface area (Å²) in [6, 6.07) is 6.39. The highest BCUT2D eigenvalue weighted by atomic mass is 35.5. The third kappa shape index (κ3) is 4.87. The Bertz CT molecular complexity index is 444. The number of methoxy groups -OCH3 is 1. The minimum Gasteiger partial charge on any atom is -0.496 e. The SMILES string of the molecule is COc1ccc(Cl)cc1CN(CC1CCNCC1)C(C)C. The van der Waals surface area contributed by atoms with Crippen LogP contribution in [0, 0.1) is 5.92 Å². The van der Waals surface area contributed by atoms with Gasteiger partial charge in [0.05, 0.1) is 7.11 Å². The summed E-state index contributed by atoms with van der Waals surface area (Å²) in [4.78, 5) is 2.53. The van der Waals surface area contributed by atoms with Crippen LogP contribution in [0.2, 0.25) is 5.02 Å². The lowest BCUT2D eigenvalue weighted by molar-refractivity contribution is 0.160. The number of benzene rings is 1. The summed E-state index contributed by atoms with van der Waals surface area (Å²) in [5.41, 5.74) is 1.17. The summed E-state index contributed by atoms with van der Waals surface area (Å²) in [5, 5.41) is 4.21. The molecule has 1 N–H and O–H groups in total. The highest BCUT2D eigenvalue weighted by molar-refractivity contribution is 6.30. The minimum absolute atomic E-state index is 0.517. The van der Waals surface area contributed by atoms with Crippen LogP contribution >= 0.6 is 11.6 Å². The molecule has 0 aromatic heterocycles. The Morgan fingerprint density at radius 1 is 1.33 bits per heavy atom. The van der Waals surface area contributed by atoms with Gasteiger partial charge in [-0.2, -0.15) is 0 Å². The van der Waals surface area contributed by atoms with E-state index in [9.17, 15) is 0 Å². The second-order valence-corrected chi connectivity index (χ2v) is 6.61. The molecule has 0 unspecified atom stereocenters. The monoisotopic (exact) mass is 310 g/mol. The van der Waals surface area contributed by atoms with Gasteiger partial charge in [0.25, 0.3) is 0 Å². The van der Waals surface area contributed by atoms with Crippen molar-refractivity contribution in [3.8, 4) is 5.75 Å². The molecule has 0 atom stereocenters. The van der Waals surface area contributed by atoms with Gasteiger partial charge in [-0.15, -0.1) is 0 Å². The Morgan fingerprint density at radius 3 is 2.67 bits per heavy atom. The quantitative estimate of drug-likeness (QED) is 0.869. The first kappa shape index (κ1) is 16.6. The van der Waals surface area contributed by atoms with Gasteiger partial charge in [-0.25, -0.2) is 0 Å². The molecule has 0 amide bonds. The molecule has 4 heteroatoms. The third-order valence-corrected chi connectivity index (χ3v) is 4.53. The van der Waals surface area contributed by atoms with Crippen LogP contribution in [-0.4, -0.2) is 37.7 Å². The number of hydrogen-bond acceptors (Lipinski definition) is 3. The first-order valence-corrected chi connectivity index (χ1v) is 8.25. The summed E-state index contributed by atoms with van der Waals surface area (Å²) in [6.45, 7) is 8.87. The van der Waals surface area contributed by atoms with Crippen LogP contribution < -0.4 is 10.1 Å². The zero-order valence-electron chi connectivity index (χ0n) is 13.4. The van der Waals surface area contributed by atoms with Crippen LogP contribution in [-0.2, 0) is 6.54 Å². The molecule has 1 heterocycles. The first-order valence-electron chi connectivity index (χ1n) is 7.87. The number of piperidine rings is 1. The molecule has 0 bridgehead atoms. The van der Waals surface area contributed by atoms with Gasteiger partial charge in [-0.1, -0.05) is 11.6 Å². The molecule has 1 aromatic rings. The predicted octanol–water partition coefficient (Wildman–Crippen LogP) is 3.56. The zero-order chi connectivity index (χ0) is 15.2. The number of rotatable bonds is 6. The van der Waals surface area contributed by atoms with Crippen molar-refractivity contribution in [3.05, 3.63) is 28.8 Å². The lowest BCUT2D eigenvalue weighted by Crippen LogP contribution is -2.39. The lowest BCUT2D eigenvalue weighted by atomic mass is 9.96. The van der Waals surface area contributed by atoms with Crippen LogP contribution in [0.4, 0.5) is 0 Å². The molecule has 3 nitrogen and oxygen atoms in total. The Morgan fingerprint density at radius 2 is 2.05 bits per heavy atom. The molecule has 21 heavy (non-hydrogen) atoms. The highest BCUT2D eigenvalue weighted by Crippen LogP contribution is 2.26. The second kappa shape index (κ2) is 8.02. The standard InChI is InChI=1S/C17H27ClN2O/c1-13(2)20(11-14-6-8-19-9-7-14)12-15-10-16(18)4-5-17(15)21-3/h4-5,10,13-14,19H,6-9,11-12H2,1-3H3. The van der Waals surface area contributed by atoms with Gasteiger partial charge in [0.2, 0.25) is 0 Å². The highest BCUT2D eigenvalue weighted by Gasteiger charge is 2.20. The van der Waals surface area contributed by atoms with E-state index in [1.54, 1.807) is 7.11 Å². The van der Waals surface area contributed by atoms with Gasteiger partial charge in [0, 0.05) is 29.7 Å². The molecule has 0 spiro atoms. The van der Waals surface area contributed by atoms with E-state index in [1.165, 1.54) is 18.4 Å². The van der Waals surface area contributed by atoms with E-state index in [1.807, 2.05) is 18.2 Å². The number of nitrogens with zero attached hydrogens (tertiary/aromatic N) is 1. The van der Waals surface area contributed by atoms with E-state index in [4.69, 9.17) is 16.3 Å². The van der Waals surface area contributed by atoms with Crippen molar-refractivity contribution in [1.82, 2.24) is 10.2 Å². The average Bonchev–Trinajstić information content (AvgIpc) is 2.48. The summed E-state index contributed by atoms with van der Waals surface area (Å²) in [5.74, 6) is 1.72. The van der Waals surface area contributed by atoms with Crippen LogP contribution in [0.3, 0.4) is 0 Å². The number of halogens is 1. The normalized spacial score (nSPS) is 16.7. The molecule has 1 aromatic carbocycles.